The lowest BCUT2D eigenvalue weighted by Gasteiger charge is -2.27. The zero-order valence-electron chi connectivity index (χ0n) is 16.4. The maximum atomic E-state index is 12.9. The van der Waals surface area contributed by atoms with Gasteiger partial charge in [0.2, 0.25) is 0 Å². The summed E-state index contributed by atoms with van der Waals surface area (Å²) >= 11 is 0. The van der Waals surface area contributed by atoms with E-state index in [0.717, 1.165) is 48.3 Å². The lowest BCUT2D eigenvalue weighted by molar-refractivity contribution is 0.0778. The summed E-state index contributed by atoms with van der Waals surface area (Å²) in [5, 5.41) is 6.12. The van der Waals surface area contributed by atoms with Crippen molar-refractivity contribution < 1.29 is 9.53 Å². The molecule has 3 N–H and O–H groups in total. The Morgan fingerprint density at radius 2 is 1.86 bits per heavy atom. The van der Waals surface area contributed by atoms with E-state index >= 15 is 0 Å². The first-order valence-electron chi connectivity index (χ1n) is 9.85. The minimum absolute atomic E-state index is 0.192. The molecule has 1 aromatic heterocycles. The van der Waals surface area contributed by atoms with Crippen LogP contribution in [0.3, 0.4) is 0 Å². The number of fused-ring (bicyclic) bond motifs is 1. The first-order valence-corrected chi connectivity index (χ1v) is 9.85. The van der Waals surface area contributed by atoms with Crippen LogP contribution in [0.25, 0.3) is 10.9 Å². The highest BCUT2D eigenvalue weighted by Crippen LogP contribution is 2.25. The number of hydrazine groups is 2. The maximum absolute atomic E-state index is 12.9. The number of hydrogen-bond acceptors (Lipinski definition) is 6. The minimum atomic E-state index is -0.192. The van der Waals surface area contributed by atoms with E-state index < -0.39 is 0 Å². The van der Waals surface area contributed by atoms with Gasteiger partial charge in [0.1, 0.15) is 11.6 Å². The van der Waals surface area contributed by atoms with Gasteiger partial charge in [-0.25, -0.2) is 9.99 Å². The van der Waals surface area contributed by atoms with Crippen LogP contribution in [0.1, 0.15) is 29.6 Å². The second-order valence-electron chi connectivity index (χ2n) is 7.04. The summed E-state index contributed by atoms with van der Waals surface area (Å²) in [6, 6.07) is 17.0. The highest BCUT2D eigenvalue weighted by molar-refractivity contribution is 6.06. The fraction of sp³-hybridized carbons (Fsp3) is 0.273. The van der Waals surface area contributed by atoms with Gasteiger partial charge in [-0.2, -0.15) is 5.53 Å². The quantitative estimate of drug-likeness (QED) is 0.557. The van der Waals surface area contributed by atoms with Gasteiger partial charge in [0, 0.05) is 30.2 Å². The largest absolute Gasteiger partial charge is 0.497 e. The van der Waals surface area contributed by atoms with Crippen molar-refractivity contribution >= 4 is 28.3 Å². The number of nitrogens with one attached hydrogen (secondary N) is 3. The van der Waals surface area contributed by atoms with Crippen molar-refractivity contribution in [3.8, 4) is 5.75 Å². The van der Waals surface area contributed by atoms with Crippen molar-refractivity contribution in [2.75, 3.05) is 25.5 Å². The number of para-hydroxylation sites is 1. The lowest BCUT2D eigenvalue weighted by atomic mass is 10.1. The molecule has 1 fully saturated rings. The van der Waals surface area contributed by atoms with Crippen molar-refractivity contribution in [3.63, 3.8) is 0 Å². The van der Waals surface area contributed by atoms with Crippen LogP contribution < -0.4 is 21.0 Å². The van der Waals surface area contributed by atoms with Gasteiger partial charge in [0.25, 0.3) is 5.91 Å². The molecule has 1 amide bonds. The van der Waals surface area contributed by atoms with Gasteiger partial charge in [-0.05, 0) is 37.1 Å². The van der Waals surface area contributed by atoms with Crippen LogP contribution in [0, 0.1) is 0 Å². The maximum Gasteiger partial charge on any atom is 0.267 e. The van der Waals surface area contributed by atoms with Crippen LogP contribution in [0.15, 0.2) is 54.6 Å². The Labute approximate surface area is 170 Å². The molecule has 0 saturated carbocycles. The Morgan fingerprint density at radius 3 is 2.69 bits per heavy atom. The van der Waals surface area contributed by atoms with Crippen molar-refractivity contribution in [2.45, 2.75) is 19.3 Å². The molecular formula is C22H25N5O2. The molecule has 29 heavy (non-hydrogen) atoms. The molecule has 150 valence electrons. The van der Waals surface area contributed by atoms with E-state index in [2.05, 4.69) is 21.3 Å². The van der Waals surface area contributed by atoms with E-state index in [-0.39, 0.29) is 5.91 Å². The lowest BCUT2D eigenvalue weighted by Crippen LogP contribution is -2.51. The third kappa shape index (κ3) is 4.64. The molecule has 7 nitrogen and oxygen atoms in total. The summed E-state index contributed by atoms with van der Waals surface area (Å²) in [4.78, 5) is 17.6. The van der Waals surface area contributed by atoms with Crippen LogP contribution >= 0.6 is 0 Å². The smallest absolute Gasteiger partial charge is 0.267 e. The number of carbonyl (C=O) groups excluding carboxylic acids is 1. The van der Waals surface area contributed by atoms with E-state index in [9.17, 15) is 4.79 Å². The Hall–Kier alpha value is -3.16. The highest BCUT2D eigenvalue weighted by atomic mass is 16.5. The topological polar surface area (TPSA) is 78.5 Å². The van der Waals surface area contributed by atoms with E-state index in [4.69, 9.17) is 4.74 Å². The number of aromatic nitrogens is 1. The van der Waals surface area contributed by atoms with Gasteiger partial charge < -0.3 is 10.1 Å². The highest BCUT2D eigenvalue weighted by Gasteiger charge is 2.15. The number of anilines is 2. The number of methoxy groups -OCH3 is 1. The van der Waals surface area contributed by atoms with Crippen LogP contribution in [-0.4, -0.2) is 36.1 Å². The number of amides is 1. The van der Waals surface area contributed by atoms with Gasteiger partial charge in [-0.3, -0.25) is 10.2 Å². The van der Waals surface area contributed by atoms with Crippen LogP contribution in [0.5, 0.6) is 5.75 Å². The average molecular weight is 391 g/mol. The Bertz CT molecular complexity index is 1000. The monoisotopic (exact) mass is 391 g/mol. The van der Waals surface area contributed by atoms with E-state index in [0.29, 0.717) is 11.4 Å². The minimum Gasteiger partial charge on any atom is -0.497 e. The Balaban J connectivity index is 1.59. The predicted molar refractivity (Wildman–Crippen MR) is 114 cm³/mol. The van der Waals surface area contributed by atoms with Crippen molar-refractivity contribution in [1.29, 1.82) is 0 Å². The summed E-state index contributed by atoms with van der Waals surface area (Å²) in [5.74, 6) is 1.16. The second-order valence-corrected chi connectivity index (χ2v) is 7.04. The first-order chi connectivity index (χ1) is 14.2. The fourth-order valence-corrected chi connectivity index (χ4v) is 3.48. The molecule has 7 heteroatoms. The molecule has 1 aliphatic heterocycles. The third-order valence-electron chi connectivity index (χ3n) is 4.99. The standard InChI is InChI=1S/C22H25N5O2/c1-29-17-9-7-8-16(14-17)23-21-15-19(18-10-3-4-11-20(18)24-21)22(28)25-26-27-12-5-2-6-13-27/h3-4,7-11,14-15,26H,2,5-6,12-13H2,1H3,(H,23,24)(H,25,28). The van der Waals surface area contributed by atoms with Crippen LogP contribution in [0.4, 0.5) is 11.5 Å². The van der Waals surface area contributed by atoms with Gasteiger partial charge in [-0.1, -0.05) is 30.7 Å². The third-order valence-corrected chi connectivity index (χ3v) is 4.99. The summed E-state index contributed by atoms with van der Waals surface area (Å²) in [5.41, 5.74) is 8.03. The van der Waals surface area contributed by atoms with Crippen molar-refractivity contribution in [3.05, 3.63) is 60.2 Å². The molecule has 2 aromatic carbocycles. The average Bonchev–Trinajstić information content (AvgIpc) is 2.77. The number of carbonyl (C=O) groups is 1. The molecule has 0 spiro atoms. The number of rotatable bonds is 6. The Morgan fingerprint density at radius 1 is 1.03 bits per heavy atom. The van der Waals surface area contributed by atoms with Crippen LogP contribution in [-0.2, 0) is 0 Å². The van der Waals surface area contributed by atoms with Gasteiger partial charge in [0.15, 0.2) is 0 Å². The van der Waals surface area contributed by atoms with E-state index in [1.807, 2.05) is 53.5 Å². The fourth-order valence-electron chi connectivity index (χ4n) is 3.48. The molecule has 0 atom stereocenters. The summed E-state index contributed by atoms with van der Waals surface area (Å²) in [6.45, 7) is 1.86. The number of hydrogen-bond donors (Lipinski definition) is 3. The zero-order chi connectivity index (χ0) is 20.1. The predicted octanol–water partition coefficient (Wildman–Crippen LogP) is 3.62. The molecule has 2 heterocycles. The first kappa shape index (κ1) is 19.2. The van der Waals surface area contributed by atoms with E-state index in [1.54, 1.807) is 13.2 Å². The number of piperidine rings is 1. The second kappa shape index (κ2) is 8.89. The van der Waals surface area contributed by atoms with Crippen molar-refractivity contribution in [1.82, 2.24) is 21.0 Å². The van der Waals surface area contributed by atoms with Gasteiger partial charge in [-0.15, -0.1) is 0 Å². The normalized spacial score (nSPS) is 14.5. The number of ether oxygens (including phenoxy) is 1. The molecule has 0 unspecified atom stereocenters. The van der Waals surface area contributed by atoms with Crippen LogP contribution in [0.2, 0.25) is 0 Å². The summed E-state index contributed by atoms with van der Waals surface area (Å²) < 4.78 is 5.28. The molecular weight excluding hydrogens is 366 g/mol. The number of benzene rings is 2. The molecule has 1 saturated heterocycles. The van der Waals surface area contributed by atoms with Crippen molar-refractivity contribution in [2.24, 2.45) is 0 Å². The molecule has 3 aromatic rings. The van der Waals surface area contributed by atoms with E-state index in [1.165, 1.54) is 6.42 Å². The molecule has 0 radical (unpaired) electrons. The SMILES string of the molecule is COc1cccc(Nc2cc(C(=O)NNN3CCCCC3)c3ccccc3n2)c1. The van der Waals surface area contributed by atoms with Gasteiger partial charge in [0.05, 0.1) is 18.2 Å². The zero-order valence-corrected chi connectivity index (χ0v) is 16.4. The number of pyridine rings is 1. The summed E-state index contributed by atoms with van der Waals surface area (Å²) in [7, 11) is 1.63. The van der Waals surface area contributed by atoms with Gasteiger partial charge >= 0.3 is 0 Å². The number of nitrogens with zero attached hydrogens (tertiary/aromatic N) is 2. The molecule has 1 aliphatic rings. The molecule has 0 bridgehead atoms. The Kier molecular flexibility index (Phi) is 5.88. The molecule has 4 rings (SSSR count). The molecule has 0 aliphatic carbocycles. The summed E-state index contributed by atoms with van der Waals surface area (Å²) in [6.07, 6.45) is 3.51.